The summed E-state index contributed by atoms with van der Waals surface area (Å²) >= 11 is 7.26. The van der Waals surface area contributed by atoms with E-state index in [0.29, 0.717) is 28.7 Å². The first-order chi connectivity index (χ1) is 15.4. The summed E-state index contributed by atoms with van der Waals surface area (Å²) in [7, 11) is 0. The molecule has 2 unspecified atom stereocenters. The van der Waals surface area contributed by atoms with Crippen molar-refractivity contribution in [2.24, 2.45) is 0 Å². The van der Waals surface area contributed by atoms with Gasteiger partial charge >= 0.3 is 6.09 Å². The Bertz CT molecular complexity index is 935. The molecule has 3 heterocycles. The lowest BCUT2D eigenvalue weighted by atomic mass is 10.1. The molecular weight excluding hydrogens is 452 g/mol. The van der Waals surface area contributed by atoms with Gasteiger partial charge in [-0.3, -0.25) is 14.5 Å². The number of cyclic esters (lactones) is 1. The molecule has 2 saturated heterocycles. The Morgan fingerprint density at radius 2 is 2.03 bits per heavy atom. The van der Waals surface area contributed by atoms with Crippen LogP contribution in [0.4, 0.5) is 21.9 Å². The molecule has 1 aromatic rings. The Morgan fingerprint density at radius 3 is 2.72 bits per heavy atom. The van der Waals surface area contributed by atoms with Gasteiger partial charge < -0.3 is 20.3 Å². The summed E-state index contributed by atoms with van der Waals surface area (Å²) in [5.41, 5.74) is 2.29. The van der Waals surface area contributed by atoms with Crippen LogP contribution in [0.25, 0.3) is 0 Å². The molecule has 0 bridgehead atoms. The van der Waals surface area contributed by atoms with Gasteiger partial charge in [-0.1, -0.05) is 17.7 Å². The van der Waals surface area contributed by atoms with Gasteiger partial charge in [0.25, 0.3) is 0 Å². The first kappa shape index (κ1) is 22.8. The van der Waals surface area contributed by atoms with E-state index in [1.54, 1.807) is 0 Å². The van der Waals surface area contributed by atoms with E-state index in [1.807, 2.05) is 24.3 Å². The van der Waals surface area contributed by atoms with Crippen LogP contribution in [0.15, 0.2) is 28.6 Å². The van der Waals surface area contributed by atoms with Gasteiger partial charge in [0.05, 0.1) is 34.1 Å². The lowest BCUT2D eigenvalue weighted by Gasteiger charge is -2.31. The van der Waals surface area contributed by atoms with Crippen LogP contribution in [-0.2, 0) is 14.3 Å². The molecule has 4 rings (SSSR count). The number of thioether (sulfide) groups is 1. The number of carbonyl (C=O) groups is 3. The smallest absolute Gasteiger partial charge is 0.414 e. The molecule has 0 aromatic heterocycles. The summed E-state index contributed by atoms with van der Waals surface area (Å²) < 4.78 is 6.09. The Labute approximate surface area is 196 Å². The van der Waals surface area contributed by atoms with Gasteiger partial charge in [-0.05, 0) is 43.9 Å². The Hall–Kier alpha value is -2.39. The third-order valence-corrected chi connectivity index (χ3v) is 7.22. The average molecular weight is 479 g/mol. The fraction of sp³-hybridized carbons (Fsp3) is 0.500. The number of allylic oxidation sites excluding steroid dienone is 1. The highest BCUT2D eigenvalue weighted by Gasteiger charge is 2.34. The molecule has 0 spiro atoms. The van der Waals surface area contributed by atoms with E-state index < -0.39 is 12.2 Å². The molecule has 3 amide bonds. The fourth-order valence-corrected chi connectivity index (χ4v) is 5.41. The van der Waals surface area contributed by atoms with Crippen LogP contribution < -0.4 is 20.4 Å². The van der Waals surface area contributed by atoms with Gasteiger partial charge in [0, 0.05) is 25.7 Å². The van der Waals surface area contributed by atoms with Crippen molar-refractivity contribution in [2.75, 3.05) is 41.3 Å². The normalized spacial score (nSPS) is 23.1. The van der Waals surface area contributed by atoms with E-state index in [4.69, 9.17) is 16.3 Å². The molecule has 2 atom stereocenters. The second kappa shape index (κ2) is 10.0. The van der Waals surface area contributed by atoms with Gasteiger partial charge in [0.1, 0.15) is 6.10 Å². The molecule has 0 saturated carbocycles. The summed E-state index contributed by atoms with van der Waals surface area (Å²) in [5.74, 6) is -0.278. The van der Waals surface area contributed by atoms with Gasteiger partial charge in [0.15, 0.2) is 0 Å². The van der Waals surface area contributed by atoms with E-state index in [2.05, 4.69) is 15.5 Å². The summed E-state index contributed by atoms with van der Waals surface area (Å²) in [6, 6.07) is 5.64. The zero-order valence-electron chi connectivity index (χ0n) is 17.9. The average Bonchev–Trinajstić information content (AvgIpc) is 3.37. The Kier molecular flexibility index (Phi) is 7.15. The van der Waals surface area contributed by atoms with E-state index >= 15 is 0 Å². The third-order valence-electron chi connectivity index (χ3n) is 5.72. The predicted octanol–water partition coefficient (Wildman–Crippen LogP) is 3.66. The summed E-state index contributed by atoms with van der Waals surface area (Å²) in [6.45, 7) is 3.92. The maximum atomic E-state index is 12.5. The number of anilines is 3. The van der Waals surface area contributed by atoms with Crippen LogP contribution in [0.1, 0.15) is 32.6 Å². The van der Waals surface area contributed by atoms with Crippen molar-refractivity contribution in [3.8, 4) is 0 Å². The largest absolute Gasteiger partial charge is 0.442 e. The maximum Gasteiger partial charge on any atom is 0.414 e. The molecule has 8 nitrogen and oxygen atoms in total. The van der Waals surface area contributed by atoms with E-state index in [9.17, 15) is 14.4 Å². The number of halogens is 1. The predicted molar refractivity (Wildman–Crippen MR) is 127 cm³/mol. The van der Waals surface area contributed by atoms with Crippen LogP contribution in [-0.4, -0.2) is 55.4 Å². The number of hydrogen-bond donors (Lipinski definition) is 2. The minimum absolute atomic E-state index is 0.116. The highest BCUT2D eigenvalue weighted by molar-refractivity contribution is 8.06. The van der Waals surface area contributed by atoms with Gasteiger partial charge in [0.2, 0.25) is 11.8 Å². The zero-order valence-corrected chi connectivity index (χ0v) is 19.5. The lowest BCUT2D eigenvalue weighted by molar-refractivity contribution is -0.120. The Balaban J connectivity index is 1.41. The number of carbonyl (C=O) groups excluding carboxylic acids is 3. The van der Waals surface area contributed by atoms with Gasteiger partial charge in [-0.2, -0.15) is 0 Å². The number of amides is 3. The maximum absolute atomic E-state index is 12.5. The number of ether oxygens (including phenoxy) is 1. The van der Waals surface area contributed by atoms with Crippen LogP contribution >= 0.6 is 23.4 Å². The minimum Gasteiger partial charge on any atom is -0.442 e. The molecule has 10 heteroatoms. The highest BCUT2D eigenvalue weighted by atomic mass is 35.5. The van der Waals surface area contributed by atoms with Crippen molar-refractivity contribution in [2.45, 2.75) is 44.0 Å². The fourth-order valence-electron chi connectivity index (χ4n) is 4.15. The van der Waals surface area contributed by atoms with Crippen molar-refractivity contribution in [3.63, 3.8) is 0 Å². The second-order valence-electron chi connectivity index (χ2n) is 8.14. The molecule has 0 radical (unpaired) electrons. The van der Waals surface area contributed by atoms with Crippen molar-refractivity contribution in [1.82, 2.24) is 5.32 Å². The standard InChI is InChI=1S/C22H27ClN4O4S/c1-14(28)25-17-11-15(5-6-18(17)26-9-3-2-4-10-26)27-13-16(31-22(27)30)12-24-21(29)19-7-8-20(23)32-19/h5-6,8,11,16,19H,2-4,7,9-10,12-13H2,1H3,(H,24,29)(H,25,28). The van der Waals surface area contributed by atoms with Crippen molar-refractivity contribution in [3.05, 3.63) is 28.6 Å². The first-order valence-corrected chi connectivity index (χ1v) is 12.1. The molecule has 3 aliphatic heterocycles. The lowest BCUT2D eigenvalue weighted by Crippen LogP contribution is -2.38. The topological polar surface area (TPSA) is 91.0 Å². The van der Waals surface area contributed by atoms with Gasteiger partial charge in [-0.15, -0.1) is 11.8 Å². The molecule has 3 aliphatic rings. The second-order valence-corrected chi connectivity index (χ2v) is 10.0. The molecule has 0 aliphatic carbocycles. The Morgan fingerprint density at radius 1 is 1.25 bits per heavy atom. The third kappa shape index (κ3) is 5.32. The van der Waals surface area contributed by atoms with Crippen molar-refractivity contribution >= 4 is 58.3 Å². The van der Waals surface area contributed by atoms with Crippen LogP contribution in [0.2, 0.25) is 0 Å². The van der Waals surface area contributed by atoms with Crippen LogP contribution in [0, 0.1) is 0 Å². The molecule has 1 aromatic carbocycles. The SMILES string of the molecule is CC(=O)Nc1cc(N2CC(CNC(=O)C3CC=C(Cl)S3)OC2=O)ccc1N1CCCCC1. The summed E-state index contributed by atoms with van der Waals surface area (Å²) in [4.78, 5) is 40.4. The highest BCUT2D eigenvalue weighted by Crippen LogP contribution is 2.35. The number of piperidine rings is 1. The van der Waals surface area contributed by atoms with E-state index in [-0.39, 0.29) is 23.6 Å². The summed E-state index contributed by atoms with van der Waals surface area (Å²) in [5, 5.41) is 5.51. The summed E-state index contributed by atoms with van der Waals surface area (Å²) in [6.07, 6.45) is 4.96. The number of benzene rings is 1. The van der Waals surface area contributed by atoms with Crippen molar-refractivity contribution in [1.29, 1.82) is 0 Å². The van der Waals surface area contributed by atoms with E-state index in [1.165, 1.54) is 30.0 Å². The quantitative estimate of drug-likeness (QED) is 0.648. The monoisotopic (exact) mass is 478 g/mol. The van der Waals surface area contributed by atoms with Crippen LogP contribution in [0.3, 0.4) is 0 Å². The zero-order chi connectivity index (χ0) is 22.7. The molecule has 32 heavy (non-hydrogen) atoms. The number of hydrogen-bond acceptors (Lipinski definition) is 6. The van der Waals surface area contributed by atoms with Gasteiger partial charge in [-0.25, -0.2) is 4.79 Å². The number of nitrogens with zero attached hydrogens (tertiary/aromatic N) is 2. The number of rotatable bonds is 6. The molecule has 172 valence electrons. The van der Waals surface area contributed by atoms with E-state index in [0.717, 1.165) is 31.6 Å². The molecule has 2 N–H and O–H groups in total. The van der Waals surface area contributed by atoms with Crippen LogP contribution in [0.5, 0.6) is 0 Å². The molecular formula is C22H27ClN4O4S. The number of nitrogens with one attached hydrogen (secondary N) is 2. The first-order valence-electron chi connectivity index (χ1n) is 10.9. The minimum atomic E-state index is -0.469. The van der Waals surface area contributed by atoms with Crippen molar-refractivity contribution < 1.29 is 19.1 Å². The molecule has 2 fully saturated rings.